The van der Waals surface area contributed by atoms with E-state index in [1.165, 1.54) is 50.5 Å². The predicted octanol–water partition coefficient (Wildman–Crippen LogP) is 7.88. The van der Waals surface area contributed by atoms with Crippen molar-refractivity contribution in [2.45, 2.75) is 64.2 Å². The number of pyridine rings is 1. The first-order valence-electron chi connectivity index (χ1n) is 11.1. The van der Waals surface area contributed by atoms with Gasteiger partial charge in [0, 0.05) is 5.39 Å². The van der Waals surface area contributed by atoms with Gasteiger partial charge < -0.3 is 5.11 Å². The van der Waals surface area contributed by atoms with E-state index in [1.54, 1.807) is 6.07 Å². The molecule has 0 saturated carbocycles. The molecule has 0 fully saturated rings. The summed E-state index contributed by atoms with van der Waals surface area (Å²) in [6, 6.07) is 20.6. The van der Waals surface area contributed by atoms with E-state index in [2.05, 4.69) is 54.4 Å². The number of allylic oxidation sites excluding steroid dienone is 1. The number of aromatic hydroxyl groups is 1. The van der Waals surface area contributed by atoms with Gasteiger partial charge in [-0.25, -0.2) is 4.98 Å². The fourth-order valence-corrected chi connectivity index (χ4v) is 3.94. The fourth-order valence-electron chi connectivity index (χ4n) is 3.94. The lowest BCUT2D eigenvalue weighted by atomic mass is 9.88. The molecule has 3 aromatic rings. The lowest BCUT2D eigenvalue weighted by Crippen LogP contribution is -1.99. The van der Waals surface area contributed by atoms with Crippen molar-refractivity contribution in [2.24, 2.45) is 0 Å². The predicted molar refractivity (Wildman–Crippen MR) is 124 cm³/mol. The molecule has 0 spiro atoms. The minimum Gasteiger partial charge on any atom is -0.506 e. The molecular weight excluding hydrogens is 354 g/mol. The number of nitrogens with zero attached hydrogens (tertiary/aromatic N) is 1. The molecule has 0 aliphatic rings. The molecule has 0 aliphatic heterocycles. The van der Waals surface area contributed by atoms with E-state index >= 15 is 0 Å². The number of phenolic OH excluding ortho intramolecular Hbond substituents is 1. The highest BCUT2D eigenvalue weighted by Gasteiger charge is 2.10. The third-order valence-electron chi connectivity index (χ3n) is 5.61. The van der Waals surface area contributed by atoms with Crippen LogP contribution in [0.2, 0.25) is 0 Å². The molecule has 3 rings (SSSR count). The molecule has 2 heteroatoms. The van der Waals surface area contributed by atoms with Gasteiger partial charge in [0.25, 0.3) is 0 Å². The number of phenols is 1. The van der Waals surface area contributed by atoms with Gasteiger partial charge in [-0.2, -0.15) is 0 Å². The molecule has 152 valence electrons. The van der Waals surface area contributed by atoms with Crippen LogP contribution in [0.3, 0.4) is 0 Å². The van der Waals surface area contributed by atoms with Crippen LogP contribution < -0.4 is 0 Å². The van der Waals surface area contributed by atoms with Gasteiger partial charge in [-0.3, -0.25) is 0 Å². The molecular formula is C27H33NO. The van der Waals surface area contributed by atoms with E-state index in [0.717, 1.165) is 17.5 Å². The van der Waals surface area contributed by atoms with Gasteiger partial charge in [-0.1, -0.05) is 87.2 Å². The molecule has 0 amide bonds. The second kappa shape index (κ2) is 11.4. The van der Waals surface area contributed by atoms with Crippen LogP contribution in [0.1, 0.15) is 75.5 Å². The topological polar surface area (TPSA) is 33.1 Å². The van der Waals surface area contributed by atoms with Crippen molar-refractivity contribution in [3.8, 4) is 5.75 Å². The van der Waals surface area contributed by atoms with E-state index in [1.807, 2.05) is 24.3 Å². The Labute approximate surface area is 175 Å². The number of unbranched alkanes of at least 4 members (excludes halogenated alkanes) is 4. The first-order chi connectivity index (χ1) is 14.3. The van der Waals surface area contributed by atoms with Crippen molar-refractivity contribution >= 4 is 17.0 Å². The Bertz CT molecular complexity index is 901. The van der Waals surface area contributed by atoms with Crippen LogP contribution in [0.25, 0.3) is 17.0 Å². The van der Waals surface area contributed by atoms with Crippen molar-refractivity contribution < 1.29 is 5.11 Å². The molecule has 2 nitrogen and oxygen atoms in total. The Morgan fingerprint density at radius 2 is 1.66 bits per heavy atom. The summed E-state index contributed by atoms with van der Waals surface area (Å²) in [6.07, 6.45) is 14.3. The number of benzene rings is 2. The fraction of sp³-hybridized carbons (Fsp3) is 0.370. The molecule has 0 aliphatic carbocycles. The van der Waals surface area contributed by atoms with Crippen LogP contribution >= 0.6 is 0 Å². The zero-order valence-corrected chi connectivity index (χ0v) is 17.6. The van der Waals surface area contributed by atoms with Crippen LogP contribution in [0.4, 0.5) is 0 Å². The van der Waals surface area contributed by atoms with Gasteiger partial charge >= 0.3 is 0 Å². The minimum atomic E-state index is 0.243. The number of fused-ring (bicyclic) bond motifs is 1. The lowest BCUT2D eigenvalue weighted by Gasteiger charge is -2.17. The number of para-hydroxylation sites is 1. The normalized spacial score (nSPS) is 12.6. The molecule has 0 bridgehead atoms. The first-order valence-corrected chi connectivity index (χ1v) is 11.1. The Balaban J connectivity index is 1.48. The molecule has 0 radical (unpaired) electrons. The van der Waals surface area contributed by atoms with Crippen LogP contribution in [0, 0.1) is 0 Å². The van der Waals surface area contributed by atoms with Crippen molar-refractivity contribution in [1.82, 2.24) is 4.98 Å². The van der Waals surface area contributed by atoms with Crippen LogP contribution in [-0.2, 0) is 0 Å². The first kappa shape index (κ1) is 21.1. The molecule has 0 saturated heterocycles. The molecule has 1 N–H and O–H groups in total. The van der Waals surface area contributed by atoms with Gasteiger partial charge in [0.2, 0.25) is 0 Å². The van der Waals surface area contributed by atoms with Gasteiger partial charge in [-0.05, 0) is 55.4 Å². The van der Waals surface area contributed by atoms with E-state index in [0.29, 0.717) is 11.4 Å². The number of rotatable bonds is 11. The van der Waals surface area contributed by atoms with Crippen LogP contribution in [-0.4, -0.2) is 10.1 Å². The van der Waals surface area contributed by atoms with Gasteiger partial charge in [0.15, 0.2) is 0 Å². The molecule has 1 aromatic heterocycles. The Morgan fingerprint density at radius 3 is 2.45 bits per heavy atom. The van der Waals surface area contributed by atoms with Crippen LogP contribution in [0.5, 0.6) is 5.75 Å². The second-order valence-corrected chi connectivity index (χ2v) is 7.88. The lowest BCUT2D eigenvalue weighted by molar-refractivity contribution is 0.480. The average molecular weight is 388 g/mol. The molecule has 1 atom stereocenters. The Hall–Kier alpha value is -2.61. The summed E-state index contributed by atoms with van der Waals surface area (Å²) in [6.45, 7) is 2.27. The zero-order valence-electron chi connectivity index (χ0n) is 17.6. The molecule has 1 heterocycles. The average Bonchev–Trinajstić information content (AvgIpc) is 2.76. The minimum absolute atomic E-state index is 0.243. The van der Waals surface area contributed by atoms with E-state index < -0.39 is 0 Å². The summed E-state index contributed by atoms with van der Waals surface area (Å²) in [4.78, 5) is 4.57. The summed E-state index contributed by atoms with van der Waals surface area (Å²) in [5.74, 6) is 0.935. The summed E-state index contributed by atoms with van der Waals surface area (Å²) in [5, 5.41) is 10.9. The molecule has 1 unspecified atom stereocenters. The highest BCUT2D eigenvalue weighted by molar-refractivity contribution is 5.84. The maximum absolute atomic E-state index is 9.97. The maximum atomic E-state index is 9.97. The largest absolute Gasteiger partial charge is 0.506 e. The third-order valence-corrected chi connectivity index (χ3v) is 5.61. The number of aromatic nitrogens is 1. The standard InChI is InChI=1S/C27H33NO/c1-2-3-7-13-22(23-15-9-6-10-16-23)14-8-4-5-11-18-25-21-20-24-17-12-19-26(29)27(24)28-25/h6,9-12,15-22,29H,2-5,7-8,13-14H2,1H3. The van der Waals surface area contributed by atoms with E-state index in [9.17, 15) is 5.11 Å². The Morgan fingerprint density at radius 1 is 0.862 bits per heavy atom. The summed E-state index contributed by atoms with van der Waals surface area (Å²) < 4.78 is 0. The van der Waals surface area contributed by atoms with Crippen molar-refractivity contribution in [3.05, 3.63) is 78.0 Å². The SMILES string of the molecule is CCCCCC(CCCCC=Cc1ccc2cccc(O)c2n1)c1ccccc1. The van der Waals surface area contributed by atoms with Gasteiger partial charge in [0.1, 0.15) is 11.3 Å². The summed E-state index contributed by atoms with van der Waals surface area (Å²) in [5.41, 5.74) is 3.08. The zero-order chi connectivity index (χ0) is 20.3. The van der Waals surface area contributed by atoms with E-state index in [4.69, 9.17) is 0 Å². The number of hydrogen-bond donors (Lipinski definition) is 1. The van der Waals surface area contributed by atoms with Crippen molar-refractivity contribution in [3.63, 3.8) is 0 Å². The van der Waals surface area contributed by atoms with Gasteiger partial charge in [0.05, 0.1) is 5.69 Å². The number of hydrogen-bond acceptors (Lipinski definition) is 2. The summed E-state index contributed by atoms with van der Waals surface area (Å²) in [7, 11) is 0. The smallest absolute Gasteiger partial charge is 0.141 e. The van der Waals surface area contributed by atoms with Crippen molar-refractivity contribution in [1.29, 1.82) is 0 Å². The Kier molecular flexibility index (Phi) is 8.30. The molecule has 2 aromatic carbocycles. The second-order valence-electron chi connectivity index (χ2n) is 7.88. The van der Waals surface area contributed by atoms with Crippen LogP contribution in [0.15, 0.2) is 66.7 Å². The quantitative estimate of drug-likeness (QED) is 0.339. The maximum Gasteiger partial charge on any atom is 0.141 e. The highest BCUT2D eigenvalue weighted by Crippen LogP contribution is 2.28. The van der Waals surface area contributed by atoms with E-state index in [-0.39, 0.29) is 5.75 Å². The van der Waals surface area contributed by atoms with Gasteiger partial charge in [-0.15, -0.1) is 0 Å². The highest BCUT2D eigenvalue weighted by atomic mass is 16.3. The summed E-state index contributed by atoms with van der Waals surface area (Å²) >= 11 is 0. The monoisotopic (exact) mass is 387 g/mol. The van der Waals surface area contributed by atoms with Crippen molar-refractivity contribution in [2.75, 3.05) is 0 Å². The third kappa shape index (κ3) is 6.45. The molecule has 29 heavy (non-hydrogen) atoms.